The van der Waals surface area contributed by atoms with Crippen molar-refractivity contribution in [2.75, 3.05) is 7.11 Å². The molecule has 1 aliphatic carbocycles. The number of aldehydes is 1. The van der Waals surface area contributed by atoms with Gasteiger partial charge in [-0.1, -0.05) is 48.3 Å². The number of carbonyl (C=O) groups excluding carboxylic acids is 2. The van der Waals surface area contributed by atoms with Gasteiger partial charge >= 0.3 is 0 Å². The summed E-state index contributed by atoms with van der Waals surface area (Å²) in [5, 5.41) is 6.98. The van der Waals surface area contributed by atoms with Gasteiger partial charge in [-0.05, 0) is 36.1 Å². The molecule has 8 heteroatoms. The van der Waals surface area contributed by atoms with Crippen molar-refractivity contribution in [2.24, 2.45) is 0 Å². The van der Waals surface area contributed by atoms with E-state index in [4.69, 9.17) is 14.0 Å². The Labute approximate surface area is 192 Å². The Morgan fingerprint density at radius 3 is 2.67 bits per heavy atom. The summed E-state index contributed by atoms with van der Waals surface area (Å²) in [6.07, 6.45) is 3.93. The van der Waals surface area contributed by atoms with Crippen LogP contribution in [0.15, 0.2) is 47.0 Å². The molecule has 2 atom stereocenters. The Hall–Kier alpha value is -3.68. The van der Waals surface area contributed by atoms with E-state index in [1.54, 1.807) is 14.0 Å². The number of carbonyl (C=O) groups is 2. The Bertz CT molecular complexity index is 1110. The van der Waals surface area contributed by atoms with Crippen molar-refractivity contribution in [1.82, 2.24) is 15.5 Å². The SMILES string of the molecule is COc1cc(-c2noc(C)n2)c(C2CCCCC2NC(=O)C=O)cc1OCc1ccccc1. The first-order valence-corrected chi connectivity index (χ1v) is 11.0. The number of benzene rings is 2. The molecule has 0 spiro atoms. The van der Waals surface area contributed by atoms with Gasteiger partial charge in [0, 0.05) is 24.4 Å². The summed E-state index contributed by atoms with van der Waals surface area (Å²) in [5.74, 6) is 1.39. The molecule has 0 radical (unpaired) electrons. The van der Waals surface area contributed by atoms with Gasteiger partial charge in [-0.3, -0.25) is 9.59 Å². The first kappa shape index (κ1) is 22.5. The molecular formula is C25H27N3O5. The molecule has 2 unspecified atom stereocenters. The van der Waals surface area contributed by atoms with E-state index in [-0.39, 0.29) is 12.0 Å². The molecule has 1 amide bonds. The van der Waals surface area contributed by atoms with Gasteiger partial charge in [0.2, 0.25) is 18.0 Å². The van der Waals surface area contributed by atoms with Crippen molar-refractivity contribution >= 4 is 12.2 Å². The Morgan fingerprint density at radius 1 is 1.18 bits per heavy atom. The first-order valence-electron chi connectivity index (χ1n) is 11.0. The summed E-state index contributed by atoms with van der Waals surface area (Å²) in [6.45, 7) is 2.12. The van der Waals surface area contributed by atoms with Gasteiger partial charge in [0.15, 0.2) is 11.5 Å². The quantitative estimate of drug-likeness (QED) is 0.410. The van der Waals surface area contributed by atoms with Crippen LogP contribution in [0.2, 0.25) is 0 Å². The second kappa shape index (κ2) is 10.3. The van der Waals surface area contributed by atoms with Gasteiger partial charge in [0.25, 0.3) is 5.91 Å². The maximum atomic E-state index is 11.9. The van der Waals surface area contributed by atoms with Gasteiger partial charge < -0.3 is 19.3 Å². The predicted molar refractivity (Wildman–Crippen MR) is 121 cm³/mol. The van der Waals surface area contributed by atoms with Crippen molar-refractivity contribution in [3.05, 3.63) is 59.5 Å². The Balaban J connectivity index is 1.76. The molecule has 0 saturated heterocycles. The number of nitrogens with one attached hydrogen (secondary N) is 1. The molecular weight excluding hydrogens is 422 g/mol. The van der Waals surface area contributed by atoms with Gasteiger partial charge in [-0.2, -0.15) is 4.98 Å². The first-order chi connectivity index (χ1) is 16.1. The monoisotopic (exact) mass is 449 g/mol. The molecule has 1 aliphatic rings. The van der Waals surface area contributed by atoms with Gasteiger partial charge in [-0.15, -0.1) is 0 Å². The van der Waals surface area contributed by atoms with Crippen LogP contribution in [0, 0.1) is 6.92 Å². The number of methoxy groups -OCH3 is 1. The number of hydrogen-bond donors (Lipinski definition) is 1. The minimum atomic E-state index is -0.613. The number of nitrogens with zero attached hydrogens (tertiary/aromatic N) is 2. The molecule has 1 heterocycles. The van der Waals surface area contributed by atoms with Crippen LogP contribution in [0.25, 0.3) is 11.4 Å². The lowest BCUT2D eigenvalue weighted by molar-refractivity contribution is -0.132. The predicted octanol–water partition coefficient (Wildman–Crippen LogP) is 3.97. The van der Waals surface area contributed by atoms with Crippen molar-refractivity contribution in [3.63, 3.8) is 0 Å². The normalized spacial score (nSPS) is 17.9. The topological polar surface area (TPSA) is 104 Å². The number of ether oxygens (including phenoxy) is 2. The fourth-order valence-corrected chi connectivity index (χ4v) is 4.39. The summed E-state index contributed by atoms with van der Waals surface area (Å²) in [7, 11) is 1.59. The third-order valence-corrected chi connectivity index (χ3v) is 5.94. The lowest BCUT2D eigenvalue weighted by Gasteiger charge is -2.33. The second-order valence-corrected chi connectivity index (χ2v) is 8.13. The van der Waals surface area contributed by atoms with E-state index in [0.717, 1.165) is 42.4 Å². The number of hydrogen-bond acceptors (Lipinski definition) is 7. The molecule has 1 N–H and O–H groups in total. The largest absolute Gasteiger partial charge is 0.493 e. The summed E-state index contributed by atoms with van der Waals surface area (Å²) in [6, 6.07) is 13.5. The number of aryl methyl sites for hydroxylation is 1. The van der Waals surface area contributed by atoms with E-state index in [9.17, 15) is 9.59 Å². The van der Waals surface area contributed by atoms with Crippen molar-refractivity contribution in [1.29, 1.82) is 0 Å². The summed E-state index contributed by atoms with van der Waals surface area (Å²) < 4.78 is 17.0. The molecule has 2 aromatic carbocycles. The van der Waals surface area contributed by atoms with Crippen LogP contribution < -0.4 is 14.8 Å². The van der Waals surface area contributed by atoms with Crippen molar-refractivity contribution in [2.45, 2.75) is 51.2 Å². The van der Waals surface area contributed by atoms with E-state index in [0.29, 0.717) is 36.1 Å². The highest BCUT2D eigenvalue weighted by atomic mass is 16.5. The second-order valence-electron chi connectivity index (χ2n) is 8.13. The fraction of sp³-hybridized carbons (Fsp3) is 0.360. The van der Waals surface area contributed by atoms with Gasteiger partial charge in [0.1, 0.15) is 6.61 Å². The summed E-state index contributed by atoms with van der Waals surface area (Å²) in [4.78, 5) is 27.3. The zero-order chi connectivity index (χ0) is 23.2. The van der Waals surface area contributed by atoms with Crippen molar-refractivity contribution < 1.29 is 23.6 Å². The van der Waals surface area contributed by atoms with E-state index in [1.807, 2.05) is 42.5 Å². The zero-order valence-corrected chi connectivity index (χ0v) is 18.7. The highest BCUT2D eigenvalue weighted by molar-refractivity contribution is 6.23. The van der Waals surface area contributed by atoms with E-state index in [2.05, 4.69) is 15.5 Å². The van der Waals surface area contributed by atoms with Gasteiger partial charge in [0.05, 0.1) is 7.11 Å². The van der Waals surface area contributed by atoms with Crippen LogP contribution in [-0.4, -0.2) is 35.5 Å². The molecule has 4 rings (SSSR count). The average molecular weight is 450 g/mol. The molecule has 0 aliphatic heterocycles. The molecule has 8 nitrogen and oxygen atoms in total. The Morgan fingerprint density at radius 2 is 1.97 bits per heavy atom. The zero-order valence-electron chi connectivity index (χ0n) is 18.7. The molecule has 1 saturated carbocycles. The number of aromatic nitrogens is 2. The van der Waals surface area contributed by atoms with Crippen LogP contribution in [-0.2, 0) is 16.2 Å². The van der Waals surface area contributed by atoms with Crippen LogP contribution in [0.5, 0.6) is 11.5 Å². The molecule has 1 fully saturated rings. The molecule has 0 bridgehead atoms. The Kier molecular flexibility index (Phi) is 7.02. The maximum Gasteiger partial charge on any atom is 0.284 e. The van der Waals surface area contributed by atoms with Crippen LogP contribution in [0.1, 0.15) is 48.6 Å². The maximum absolute atomic E-state index is 11.9. The number of amides is 1. The van der Waals surface area contributed by atoms with E-state index in [1.165, 1.54) is 0 Å². The fourth-order valence-electron chi connectivity index (χ4n) is 4.39. The minimum absolute atomic E-state index is 0.0403. The molecule has 172 valence electrons. The average Bonchev–Trinajstić information content (AvgIpc) is 3.29. The van der Waals surface area contributed by atoms with Crippen LogP contribution in [0.3, 0.4) is 0 Å². The lowest BCUT2D eigenvalue weighted by Crippen LogP contribution is -2.41. The minimum Gasteiger partial charge on any atom is -0.493 e. The van der Waals surface area contributed by atoms with Crippen LogP contribution in [0.4, 0.5) is 0 Å². The van der Waals surface area contributed by atoms with Crippen molar-refractivity contribution in [3.8, 4) is 22.9 Å². The lowest BCUT2D eigenvalue weighted by atomic mass is 9.78. The standard InChI is InChI=1S/C25H27N3O5/c1-16-26-25(28-33-16)20-13-22(31-2)23(32-15-17-8-4-3-5-9-17)12-19(20)18-10-6-7-11-21(18)27-24(30)14-29/h3-5,8-9,12-14,18,21H,6-7,10-11,15H2,1-2H3,(H,27,30). The highest BCUT2D eigenvalue weighted by Gasteiger charge is 2.32. The number of rotatable bonds is 8. The highest BCUT2D eigenvalue weighted by Crippen LogP contribution is 2.43. The molecule has 33 heavy (non-hydrogen) atoms. The molecule has 3 aromatic rings. The third-order valence-electron chi connectivity index (χ3n) is 5.94. The smallest absolute Gasteiger partial charge is 0.284 e. The van der Waals surface area contributed by atoms with Gasteiger partial charge in [-0.25, -0.2) is 0 Å². The van der Waals surface area contributed by atoms with Crippen LogP contribution >= 0.6 is 0 Å². The summed E-state index contributed by atoms with van der Waals surface area (Å²) >= 11 is 0. The van der Waals surface area contributed by atoms with E-state index >= 15 is 0 Å². The molecule has 1 aromatic heterocycles. The summed E-state index contributed by atoms with van der Waals surface area (Å²) in [5.41, 5.74) is 2.72. The third kappa shape index (κ3) is 5.22. The van der Waals surface area contributed by atoms with E-state index < -0.39 is 5.91 Å².